The Morgan fingerprint density at radius 3 is 2.86 bits per heavy atom. The number of thiazole rings is 1. The summed E-state index contributed by atoms with van der Waals surface area (Å²) >= 11 is 1.67. The average molecular weight is 392 g/mol. The standard InChI is InChI=1S/C20H20N6OS/c1-12-11-13(2)26-20(21-12)23-17(24-26)19(27)25-10-6-5-8-15(25)18-22-14-7-3-4-9-16(14)28-18/h3-4,7,9,11,15H,5-6,8,10H2,1-2H3/t15-/m1/s1. The third-order valence-electron chi connectivity index (χ3n) is 5.17. The molecule has 7 nitrogen and oxygen atoms in total. The summed E-state index contributed by atoms with van der Waals surface area (Å²) in [4.78, 5) is 28.8. The fourth-order valence-electron chi connectivity index (χ4n) is 3.85. The van der Waals surface area contributed by atoms with Gasteiger partial charge in [-0.25, -0.2) is 14.5 Å². The molecule has 1 aliphatic rings. The zero-order valence-corrected chi connectivity index (χ0v) is 16.6. The molecule has 0 aliphatic carbocycles. The van der Waals surface area contributed by atoms with Crippen LogP contribution in [0.3, 0.4) is 0 Å². The van der Waals surface area contributed by atoms with Crippen molar-refractivity contribution < 1.29 is 4.79 Å². The molecule has 1 saturated heterocycles. The highest BCUT2D eigenvalue weighted by molar-refractivity contribution is 7.18. The van der Waals surface area contributed by atoms with Gasteiger partial charge in [0.15, 0.2) is 0 Å². The van der Waals surface area contributed by atoms with Crippen molar-refractivity contribution in [2.75, 3.05) is 6.54 Å². The van der Waals surface area contributed by atoms with Crippen molar-refractivity contribution in [3.05, 3.63) is 52.6 Å². The van der Waals surface area contributed by atoms with Crippen LogP contribution in [-0.4, -0.2) is 41.9 Å². The second kappa shape index (κ2) is 6.63. The second-order valence-electron chi connectivity index (χ2n) is 7.22. The molecular weight excluding hydrogens is 372 g/mol. The zero-order valence-electron chi connectivity index (χ0n) is 15.8. The van der Waals surface area contributed by atoms with E-state index >= 15 is 0 Å². The molecule has 1 fully saturated rings. The van der Waals surface area contributed by atoms with Crippen LogP contribution in [0.1, 0.15) is 52.3 Å². The Balaban J connectivity index is 1.52. The zero-order chi connectivity index (χ0) is 19.3. The Labute approximate surface area is 166 Å². The fraction of sp³-hybridized carbons (Fsp3) is 0.350. The van der Waals surface area contributed by atoms with E-state index < -0.39 is 0 Å². The van der Waals surface area contributed by atoms with E-state index in [0.29, 0.717) is 12.3 Å². The molecule has 142 valence electrons. The van der Waals surface area contributed by atoms with Gasteiger partial charge < -0.3 is 4.90 Å². The van der Waals surface area contributed by atoms with E-state index in [4.69, 9.17) is 4.98 Å². The lowest BCUT2D eigenvalue weighted by Gasteiger charge is -2.33. The number of fused-ring (bicyclic) bond motifs is 2. The van der Waals surface area contributed by atoms with Gasteiger partial charge in [0, 0.05) is 17.9 Å². The van der Waals surface area contributed by atoms with Crippen LogP contribution in [0.4, 0.5) is 0 Å². The number of hydrogen-bond donors (Lipinski definition) is 0. The van der Waals surface area contributed by atoms with Crippen molar-refractivity contribution in [2.24, 2.45) is 0 Å². The van der Waals surface area contributed by atoms with E-state index in [9.17, 15) is 4.79 Å². The van der Waals surface area contributed by atoms with Gasteiger partial charge in [-0.05, 0) is 51.3 Å². The SMILES string of the molecule is Cc1cc(C)n2nc(C(=O)N3CCCC[C@@H]3c3nc4ccccc4s3)nc2n1. The summed E-state index contributed by atoms with van der Waals surface area (Å²) in [6, 6.07) is 10.0. The maximum Gasteiger partial charge on any atom is 0.294 e. The van der Waals surface area contributed by atoms with Crippen LogP contribution in [-0.2, 0) is 0 Å². The number of aromatic nitrogens is 5. The second-order valence-corrected chi connectivity index (χ2v) is 8.28. The molecule has 5 rings (SSSR count). The van der Waals surface area contributed by atoms with Gasteiger partial charge in [-0.15, -0.1) is 16.4 Å². The summed E-state index contributed by atoms with van der Waals surface area (Å²) in [5.74, 6) is 0.523. The van der Waals surface area contributed by atoms with Crippen molar-refractivity contribution >= 4 is 33.2 Å². The molecule has 1 amide bonds. The minimum absolute atomic E-state index is 0.0268. The highest BCUT2D eigenvalue weighted by Gasteiger charge is 2.33. The van der Waals surface area contributed by atoms with Gasteiger partial charge in [0.05, 0.1) is 16.3 Å². The Morgan fingerprint density at radius 1 is 1.14 bits per heavy atom. The summed E-state index contributed by atoms with van der Waals surface area (Å²) in [6.07, 6.45) is 2.98. The molecule has 4 aromatic rings. The van der Waals surface area contributed by atoms with Crippen molar-refractivity contribution in [2.45, 2.75) is 39.2 Å². The lowest BCUT2D eigenvalue weighted by molar-refractivity contribution is 0.0599. The Bertz CT molecular complexity index is 1160. The summed E-state index contributed by atoms with van der Waals surface area (Å²) in [6.45, 7) is 4.55. The van der Waals surface area contributed by atoms with Gasteiger partial charge in [0.2, 0.25) is 5.82 Å². The largest absolute Gasteiger partial charge is 0.326 e. The maximum atomic E-state index is 13.3. The van der Waals surface area contributed by atoms with Crippen molar-refractivity contribution in [3.63, 3.8) is 0 Å². The summed E-state index contributed by atoms with van der Waals surface area (Å²) in [7, 11) is 0. The number of amides is 1. The highest BCUT2D eigenvalue weighted by Crippen LogP contribution is 2.36. The molecule has 0 unspecified atom stereocenters. The van der Waals surface area contributed by atoms with E-state index in [2.05, 4.69) is 21.1 Å². The van der Waals surface area contributed by atoms with Gasteiger partial charge in [0.1, 0.15) is 5.01 Å². The van der Waals surface area contributed by atoms with Crippen LogP contribution >= 0.6 is 11.3 Å². The number of nitrogens with zero attached hydrogens (tertiary/aromatic N) is 6. The van der Waals surface area contributed by atoms with E-state index in [1.165, 1.54) is 0 Å². The van der Waals surface area contributed by atoms with Crippen molar-refractivity contribution in [1.29, 1.82) is 0 Å². The monoisotopic (exact) mass is 392 g/mol. The molecule has 1 atom stereocenters. The Kier molecular flexibility index (Phi) is 4.08. The molecule has 1 aromatic carbocycles. The van der Waals surface area contributed by atoms with Gasteiger partial charge in [-0.1, -0.05) is 12.1 Å². The fourth-order valence-corrected chi connectivity index (χ4v) is 4.96. The third-order valence-corrected chi connectivity index (χ3v) is 6.31. The smallest absolute Gasteiger partial charge is 0.294 e. The van der Waals surface area contributed by atoms with Gasteiger partial charge in [-0.3, -0.25) is 4.79 Å². The number of likely N-dealkylation sites (tertiary alicyclic amines) is 1. The molecule has 28 heavy (non-hydrogen) atoms. The Hall–Kier alpha value is -2.87. The van der Waals surface area contributed by atoms with Crippen LogP contribution in [0.25, 0.3) is 16.0 Å². The van der Waals surface area contributed by atoms with E-state index in [1.54, 1.807) is 15.9 Å². The Morgan fingerprint density at radius 2 is 2.00 bits per heavy atom. The molecule has 3 aromatic heterocycles. The number of carbonyl (C=O) groups is 1. The quantitative estimate of drug-likeness (QED) is 0.520. The van der Waals surface area contributed by atoms with Gasteiger partial charge in [0.25, 0.3) is 11.7 Å². The number of piperidine rings is 1. The normalized spacial score (nSPS) is 17.5. The van der Waals surface area contributed by atoms with Crippen LogP contribution in [0.2, 0.25) is 0 Å². The van der Waals surface area contributed by atoms with Crippen LogP contribution in [0.15, 0.2) is 30.3 Å². The van der Waals surface area contributed by atoms with E-state index in [1.807, 2.05) is 43.0 Å². The van der Waals surface area contributed by atoms with Crippen LogP contribution in [0, 0.1) is 13.8 Å². The molecule has 4 heterocycles. The highest BCUT2D eigenvalue weighted by atomic mass is 32.1. The van der Waals surface area contributed by atoms with Gasteiger partial charge in [-0.2, -0.15) is 4.98 Å². The molecule has 0 saturated carbocycles. The molecule has 0 N–H and O–H groups in total. The maximum absolute atomic E-state index is 13.3. The molecule has 0 bridgehead atoms. The average Bonchev–Trinajstić information content (AvgIpc) is 3.31. The topological polar surface area (TPSA) is 76.3 Å². The lowest BCUT2D eigenvalue weighted by atomic mass is 10.0. The van der Waals surface area contributed by atoms with Crippen molar-refractivity contribution in [3.8, 4) is 0 Å². The summed E-state index contributed by atoms with van der Waals surface area (Å²) in [5, 5.41) is 5.42. The predicted octanol–water partition coefficient (Wildman–Crippen LogP) is 3.72. The lowest BCUT2D eigenvalue weighted by Crippen LogP contribution is -2.39. The minimum atomic E-state index is -0.147. The minimum Gasteiger partial charge on any atom is -0.326 e. The number of para-hydroxylation sites is 1. The number of aryl methyl sites for hydroxylation is 2. The summed E-state index contributed by atoms with van der Waals surface area (Å²) in [5.41, 5.74) is 2.76. The molecule has 0 radical (unpaired) electrons. The predicted molar refractivity (Wildman–Crippen MR) is 108 cm³/mol. The number of benzene rings is 1. The first-order valence-electron chi connectivity index (χ1n) is 9.47. The van der Waals surface area contributed by atoms with Crippen LogP contribution in [0.5, 0.6) is 0 Å². The number of rotatable bonds is 2. The first kappa shape index (κ1) is 17.2. The number of carbonyl (C=O) groups excluding carboxylic acids is 1. The van der Waals surface area contributed by atoms with E-state index in [-0.39, 0.29) is 17.8 Å². The third kappa shape index (κ3) is 2.84. The molecule has 0 spiro atoms. The van der Waals surface area contributed by atoms with Gasteiger partial charge >= 0.3 is 0 Å². The molecule has 8 heteroatoms. The van der Waals surface area contributed by atoms with Crippen LogP contribution < -0.4 is 0 Å². The summed E-state index contributed by atoms with van der Waals surface area (Å²) < 4.78 is 2.79. The van der Waals surface area contributed by atoms with Crippen molar-refractivity contribution in [1.82, 2.24) is 29.5 Å². The first-order chi connectivity index (χ1) is 13.6. The van der Waals surface area contributed by atoms with E-state index in [0.717, 1.165) is 45.9 Å². The molecular formula is C20H20N6OS. The molecule has 1 aliphatic heterocycles. The number of hydrogen-bond acceptors (Lipinski definition) is 6. The first-order valence-corrected chi connectivity index (χ1v) is 10.3.